The van der Waals surface area contributed by atoms with Crippen LogP contribution >= 0.6 is 0 Å². The number of nitrogens with one attached hydrogen (secondary N) is 1. The van der Waals surface area contributed by atoms with Crippen LogP contribution in [0.2, 0.25) is 0 Å². The molecule has 0 unspecified atom stereocenters. The van der Waals surface area contributed by atoms with Crippen LogP contribution in [0.4, 0.5) is 0 Å². The number of aromatic nitrogens is 2. The molecule has 19 heavy (non-hydrogen) atoms. The summed E-state index contributed by atoms with van der Waals surface area (Å²) in [6.45, 7) is 4.32. The normalized spacial score (nSPS) is 10.6. The van der Waals surface area contributed by atoms with E-state index in [0.717, 1.165) is 39.6 Å². The lowest BCUT2D eigenvalue weighted by Gasteiger charge is -2.13. The zero-order chi connectivity index (χ0) is 14.0. The summed E-state index contributed by atoms with van der Waals surface area (Å²) in [5.74, 6) is 1.61. The maximum absolute atomic E-state index is 5.74. The molecule has 0 saturated carbocycles. The number of aromatic amines is 1. The van der Waals surface area contributed by atoms with E-state index in [1.165, 1.54) is 0 Å². The van der Waals surface area contributed by atoms with Crippen molar-refractivity contribution in [2.24, 2.45) is 5.73 Å². The fourth-order valence-corrected chi connectivity index (χ4v) is 2.23. The lowest BCUT2D eigenvalue weighted by molar-refractivity contribution is 0.402. The van der Waals surface area contributed by atoms with Crippen molar-refractivity contribution in [2.75, 3.05) is 14.2 Å². The fraction of sp³-hybridized carbons (Fsp3) is 0.357. The highest BCUT2D eigenvalue weighted by molar-refractivity contribution is 5.76. The summed E-state index contributed by atoms with van der Waals surface area (Å²) < 4.78 is 10.8. The van der Waals surface area contributed by atoms with Gasteiger partial charge in [-0.15, -0.1) is 0 Å². The van der Waals surface area contributed by atoms with Crippen molar-refractivity contribution < 1.29 is 9.47 Å². The van der Waals surface area contributed by atoms with Gasteiger partial charge in [0.1, 0.15) is 11.5 Å². The van der Waals surface area contributed by atoms with Crippen LogP contribution in [0.5, 0.6) is 11.5 Å². The molecule has 0 bridgehead atoms. The molecule has 0 fully saturated rings. The van der Waals surface area contributed by atoms with E-state index in [4.69, 9.17) is 15.2 Å². The number of H-pyrrole nitrogens is 1. The van der Waals surface area contributed by atoms with E-state index >= 15 is 0 Å². The van der Waals surface area contributed by atoms with Gasteiger partial charge in [0.25, 0.3) is 0 Å². The SMILES string of the molecule is COc1cc(-c2c(CN)n[nH]c2C)c(OC)cc1C. The summed E-state index contributed by atoms with van der Waals surface area (Å²) in [6, 6.07) is 3.92. The predicted molar refractivity (Wildman–Crippen MR) is 74.5 cm³/mol. The summed E-state index contributed by atoms with van der Waals surface area (Å²) >= 11 is 0. The Hall–Kier alpha value is -2.01. The summed E-state index contributed by atoms with van der Waals surface area (Å²) in [6.07, 6.45) is 0. The van der Waals surface area contributed by atoms with E-state index in [1.54, 1.807) is 14.2 Å². The van der Waals surface area contributed by atoms with Crippen LogP contribution in [0.25, 0.3) is 11.1 Å². The van der Waals surface area contributed by atoms with Crippen LogP contribution < -0.4 is 15.2 Å². The van der Waals surface area contributed by atoms with Crippen LogP contribution in [0, 0.1) is 13.8 Å². The van der Waals surface area contributed by atoms with Crippen molar-refractivity contribution in [3.05, 3.63) is 29.1 Å². The van der Waals surface area contributed by atoms with Crippen LogP contribution in [-0.2, 0) is 6.54 Å². The van der Waals surface area contributed by atoms with Gasteiger partial charge >= 0.3 is 0 Å². The van der Waals surface area contributed by atoms with Gasteiger partial charge in [-0.1, -0.05) is 0 Å². The average Bonchev–Trinajstić information content (AvgIpc) is 2.79. The first-order chi connectivity index (χ1) is 9.12. The van der Waals surface area contributed by atoms with Crippen molar-refractivity contribution in [1.82, 2.24) is 10.2 Å². The van der Waals surface area contributed by atoms with Crippen molar-refractivity contribution in [3.63, 3.8) is 0 Å². The zero-order valence-corrected chi connectivity index (χ0v) is 11.7. The first-order valence-corrected chi connectivity index (χ1v) is 6.09. The van der Waals surface area contributed by atoms with E-state index in [-0.39, 0.29) is 0 Å². The molecule has 1 aromatic heterocycles. The third kappa shape index (κ3) is 2.29. The van der Waals surface area contributed by atoms with Crippen molar-refractivity contribution in [1.29, 1.82) is 0 Å². The molecule has 2 aromatic rings. The van der Waals surface area contributed by atoms with Gasteiger partial charge in [0.2, 0.25) is 0 Å². The topological polar surface area (TPSA) is 73.2 Å². The molecular weight excluding hydrogens is 242 g/mol. The summed E-state index contributed by atoms with van der Waals surface area (Å²) in [4.78, 5) is 0. The molecule has 0 spiro atoms. The summed E-state index contributed by atoms with van der Waals surface area (Å²) in [5.41, 5.74) is 10.5. The minimum Gasteiger partial charge on any atom is -0.496 e. The van der Waals surface area contributed by atoms with E-state index < -0.39 is 0 Å². The van der Waals surface area contributed by atoms with Gasteiger partial charge in [0.15, 0.2) is 0 Å². The van der Waals surface area contributed by atoms with Gasteiger partial charge in [-0.2, -0.15) is 5.10 Å². The van der Waals surface area contributed by atoms with Crippen molar-refractivity contribution in [2.45, 2.75) is 20.4 Å². The van der Waals surface area contributed by atoms with E-state index in [1.807, 2.05) is 26.0 Å². The standard InChI is InChI=1S/C14H19N3O2/c1-8-5-13(19-4)10(6-12(8)18-3)14-9(2)16-17-11(14)7-15/h5-6H,7,15H2,1-4H3,(H,16,17). The second-order valence-corrected chi connectivity index (χ2v) is 4.40. The van der Waals surface area contributed by atoms with Gasteiger partial charge in [-0.25, -0.2) is 0 Å². The number of rotatable bonds is 4. The molecule has 0 aliphatic rings. The Bertz CT molecular complexity index is 591. The molecule has 5 heteroatoms. The first-order valence-electron chi connectivity index (χ1n) is 6.09. The largest absolute Gasteiger partial charge is 0.496 e. The van der Waals surface area contributed by atoms with Gasteiger partial charge in [0, 0.05) is 23.4 Å². The average molecular weight is 261 g/mol. The number of hydrogen-bond donors (Lipinski definition) is 2. The van der Waals surface area contributed by atoms with Gasteiger partial charge in [-0.3, -0.25) is 5.10 Å². The maximum Gasteiger partial charge on any atom is 0.127 e. The smallest absolute Gasteiger partial charge is 0.127 e. The molecule has 1 heterocycles. The lowest BCUT2D eigenvalue weighted by Crippen LogP contribution is -2.00. The predicted octanol–water partition coefficient (Wildman–Crippen LogP) is 2.17. The number of ether oxygens (including phenoxy) is 2. The number of benzene rings is 1. The number of aryl methyl sites for hydroxylation is 2. The maximum atomic E-state index is 5.74. The van der Waals surface area contributed by atoms with Crippen LogP contribution in [0.3, 0.4) is 0 Å². The Morgan fingerprint density at radius 3 is 2.42 bits per heavy atom. The molecule has 0 saturated heterocycles. The Kier molecular flexibility index (Phi) is 3.76. The second kappa shape index (κ2) is 5.32. The second-order valence-electron chi connectivity index (χ2n) is 4.40. The Morgan fingerprint density at radius 2 is 1.84 bits per heavy atom. The fourth-order valence-electron chi connectivity index (χ4n) is 2.23. The van der Waals surface area contributed by atoms with Gasteiger partial charge < -0.3 is 15.2 Å². The van der Waals surface area contributed by atoms with Crippen molar-refractivity contribution >= 4 is 0 Å². The summed E-state index contributed by atoms with van der Waals surface area (Å²) in [5, 5.41) is 7.18. The molecule has 0 atom stereocenters. The molecule has 1 aromatic carbocycles. The molecule has 5 nitrogen and oxygen atoms in total. The van der Waals surface area contributed by atoms with Crippen LogP contribution in [0.1, 0.15) is 17.0 Å². The molecule has 0 aliphatic heterocycles. The Morgan fingerprint density at radius 1 is 1.16 bits per heavy atom. The lowest BCUT2D eigenvalue weighted by atomic mass is 10.00. The van der Waals surface area contributed by atoms with Crippen LogP contribution in [-0.4, -0.2) is 24.4 Å². The minimum atomic E-state index is 0.374. The highest BCUT2D eigenvalue weighted by atomic mass is 16.5. The molecule has 0 aliphatic carbocycles. The molecular formula is C14H19N3O2. The number of hydrogen-bond acceptors (Lipinski definition) is 4. The van der Waals surface area contributed by atoms with Crippen LogP contribution in [0.15, 0.2) is 12.1 Å². The first kappa shape index (κ1) is 13.4. The van der Waals surface area contributed by atoms with E-state index in [2.05, 4.69) is 10.2 Å². The molecule has 0 amide bonds. The van der Waals surface area contributed by atoms with Crippen molar-refractivity contribution in [3.8, 4) is 22.6 Å². The third-order valence-corrected chi connectivity index (χ3v) is 3.20. The molecule has 0 radical (unpaired) electrons. The minimum absolute atomic E-state index is 0.374. The molecule has 2 rings (SSSR count). The third-order valence-electron chi connectivity index (χ3n) is 3.20. The zero-order valence-electron chi connectivity index (χ0n) is 11.7. The Balaban J connectivity index is 2.69. The Labute approximate surface area is 112 Å². The monoisotopic (exact) mass is 261 g/mol. The number of nitrogens with two attached hydrogens (primary N) is 1. The van der Waals surface area contributed by atoms with E-state index in [0.29, 0.717) is 6.54 Å². The highest BCUT2D eigenvalue weighted by Gasteiger charge is 2.17. The number of nitrogens with zero attached hydrogens (tertiary/aromatic N) is 1. The highest BCUT2D eigenvalue weighted by Crippen LogP contribution is 2.38. The van der Waals surface area contributed by atoms with Gasteiger partial charge in [-0.05, 0) is 31.5 Å². The van der Waals surface area contributed by atoms with Gasteiger partial charge in [0.05, 0.1) is 19.9 Å². The van der Waals surface area contributed by atoms with E-state index in [9.17, 15) is 0 Å². The molecule has 3 N–H and O–H groups in total. The summed E-state index contributed by atoms with van der Waals surface area (Å²) in [7, 11) is 3.31. The molecule has 102 valence electrons. The number of methoxy groups -OCH3 is 2. The quantitative estimate of drug-likeness (QED) is 0.884.